The van der Waals surface area contributed by atoms with Crippen LogP contribution >= 0.6 is 0 Å². The number of aryl methyl sites for hydroxylation is 1. The number of ketones is 1. The molecular formula is C21H22O2. The Morgan fingerprint density at radius 3 is 2.57 bits per heavy atom. The smallest absolute Gasteiger partial charge is 0.185 e. The molecular weight excluding hydrogens is 284 g/mol. The zero-order chi connectivity index (χ0) is 16.6. The quantitative estimate of drug-likeness (QED) is 0.585. The summed E-state index contributed by atoms with van der Waals surface area (Å²) in [6.07, 6.45) is 2.24. The molecule has 0 aromatic heterocycles. The largest absolute Gasteiger partial charge is 0.488 e. The van der Waals surface area contributed by atoms with Crippen LogP contribution in [-0.4, -0.2) is 11.4 Å². The molecule has 2 nitrogen and oxygen atoms in total. The Bertz CT molecular complexity index is 754. The molecule has 0 spiro atoms. The van der Waals surface area contributed by atoms with Crippen molar-refractivity contribution in [2.75, 3.05) is 0 Å². The zero-order valence-corrected chi connectivity index (χ0v) is 13.9. The fourth-order valence-corrected chi connectivity index (χ4v) is 3.22. The molecule has 2 heteroatoms. The van der Waals surface area contributed by atoms with Crippen molar-refractivity contribution < 1.29 is 9.53 Å². The molecule has 2 aromatic rings. The molecule has 1 atom stereocenters. The second-order valence-corrected chi connectivity index (χ2v) is 6.85. The molecule has 118 valence electrons. The molecule has 1 aliphatic heterocycles. The first-order valence-corrected chi connectivity index (χ1v) is 7.96. The van der Waals surface area contributed by atoms with Crippen molar-refractivity contribution in [2.24, 2.45) is 0 Å². The van der Waals surface area contributed by atoms with E-state index in [1.807, 2.05) is 18.2 Å². The molecule has 0 radical (unpaired) electrons. The Balaban J connectivity index is 2.11. The lowest BCUT2D eigenvalue weighted by Crippen LogP contribution is -2.35. The van der Waals surface area contributed by atoms with Crippen molar-refractivity contribution in [3.63, 3.8) is 0 Å². The third-order valence-corrected chi connectivity index (χ3v) is 4.42. The summed E-state index contributed by atoms with van der Waals surface area (Å²) in [5, 5.41) is 0. The van der Waals surface area contributed by atoms with Gasteiger partial charge in [-0.1, -0.05) is 36.4 Å². The van der Waals surface area contributed by atoms with Crippen molar-refractivity contribution >= 4 is 5.78 Å². The van der Waals surface area contributed by atoms with E-state index in [1.54, 1.807) is 0 Å². The van der Waals surface area contributed by atoms with Gasteiger partial charge in [-0.25, -0.2) is 0 Å². The minimum Gasteiger partial charge on any atom is -0.488 e. The summed E-state index contributed by atoms with van der Waals surface area (Å²) in [5.41, 5.74) is 4.03. The Kier molecular flexibility index (Phi) is 3.85. The predicted octanol–water partition coefficient (Wildman–Crippen LogP) is 5.06. The number of carbonyl (C=O) groups excluding carboxylic acids is 1. The van der Waals surface area contributed by atoms with Gasteiger partial charge in [0.1, 0.15) is 11.4 Å². The molecule has 2 aromatic carbocycles. The third kappa shape index (κ3) is 3.07. The van der Waals surface area contributed by atoms with Crippen molar-refractivity contribution in [3.8, 4) is 5.75 Å². The van der Waals surface area contributed by atoms with Crippen LogP contribution in [0, 0.1) is 6.92 Å². The maximum absolute atomic E-state index is 12.0. The second kappa shape index (κ2) is 5.69. The van der Waals surface area contributed by atoms with Crippen molar-refractivity contribution in [1.29, 1.82) is 0 Å². The molecule has 1 aliphatic rings. The molecule has 1 unspecified atom stereocenters. The first-order chi connectivity index (χ1) is 10.9. The molecule has 0 bridgehead atoms. The monoisotopic (exact) mass is 306 g/mol. The number of ether oxygens (including phenoxy) is 1. The van der Waals surface area contributed by atoms with Crippen molar-refractivity contribution in [2.45, 2.75) is 38.7 Å². The summed E-state index contributed by atoms with van der Waals surface area (Å²) >= 11 is 0. The van der Waals surface area contributed by atoms with Crippen LogP contribution in [0.3, 0.4) is 0 Å². The summed E-state index contributed by atoms with van der Waals surface area (Å²) in [5.74, 6) is 1.04. The van der Waals surface area contributed by atoms with Crippen LogP contribution in [0.25, 0.3) is 0 Å². The highest BCUT2D eigenvalue weighted by Crippen LogP contribution is 2.44. The minimum atomic E-state index is -0.230. The summed E-state index contributed by atoms with van der Waals surface area (Å²) < 4.78 is 6.13. The van der Waals surface area contributed by atoms with E-state index >= 15 is 0 Å². The average Bonchev–Trinajstić information content (AvgIpc) is 2.53. The first-order valence-electron chi connectivity index (χ1n) is 7.96. The number of fused-ring (bicyclic) bond motifs is 1. The maximum Gasteiger partial charge on any atom is 0.185 e. The number of allylic oxidation sites excluding steroid dienone is 1. The van der Waals surface area contributed by atoms with E-state index in [2.05, 4.69) is 51.6 Å². The molecule has 3 rings (SSSR count). The maximum atomic E-state index is 12.0. The fraction of sp³-hybridized carbons (Fsp3) is 0.286. The number of carbonyl (C=O) groups is 1. The van der Waals surface area contributed by atoms with E-state index in [-0.39, 0.29) is 17.3 Å². The topological polar surface area (TPSA) is 26.3 Å². The Hall–Kier alpha value is -2.35. The van der Waals surface area contributed by atoms with Gasteiger partial charge >= 0.3 is 0 Å². The van der Waals surface area contributed by atoms with Gasteiger partial charge in [0.2, 0.25) is 0 Å². The van der Waals surface area contributed by atoms with E-state index in [0.29, 0.717) is 5.56 Å². The first kappa shape index (κ1) is 15.5. The van der Waals surface area contributed by atoms with Gasteiger partial charge in [-0.15, -0.1) is 0 Å². The summed E-state index contributed by atoms with van der Waals surface area (Å²) in [7, 11) is 0. The molecule has 23 heavy (non-hydrogen) atoms. The fourth-order valence-electron chi connectivity index (χ4n) is 3.22. The van der Waals surface area contributed by atoms with Gasteiger partial charge in [-0.3, -0.25) is 4.79 Å². The summed E-state index contributed by atoms with van der Waals surface area (Å²) in [6, 6.07) is 14.3. The van der Waals surface area contributed by atoms with E-state index in [1.165, 1.54) is 17.2 Å². The van der Waals surface area contributed by atoms with Gasteiger partial charge in [0.05, 0.1) is 0 Å². The molecule has 0 amide bonds. The number of hydrogen-bond acceptors (Lipinski definition) is 2. The van der Waals surface area contributed by atoms with Gasteiger partial charge < -0.3 is 4.74 Å². The predicted molar refractivity (Wildman–Crippen MR) is 93.3 cm³/mol. The Labute approximate surface area is 137 Å². The van der Waals surface area contributed by atoms with Crippen LogP contribution in [-0.2, 0) is 0 Å². The van der Waals surface area contributed by atoms with Crippen LogP contribution in [0.4, 0.5) is 0 Å². The van der Waals surface area contributed by atoms with E-state index in [4.69, 9.17) is 4.74 Å². The van der Waals surface area contributed by atoms with E-state index in [9.17, 15) is 4.79 Å². The zero-order valence-electron chi connectivity index (χ0n) is 13.9. The van der Waals surface area contributed by atoms with Gasteiger partial charge in [0.15, 0.2) is 5.78 Å². The average molecular weight is 306 g/mol. The second-order valence-electron chi connectivity index (χ2n) is 6.85. The van der Waals surface area contributed by atoms with E-state index < -0.39 is 0 Å². The van der Waals surface area contributed by atoms with Gasteiger partial charge in [0.25, 0.3) is 0 Å². The number of benzene rings is 2. The molecule has 0 aliphatic carbocycles. The van der Waals surface area contributed by atoms with Crippen LogP contribution in [0.2, 0.25) is 0 Å². The van der Waals surface area contributed by atoms with Gasteiger partial charge in [-0.05, 0) is 57.0 Å². The van der Waals surface area contributed by atoms with Crippen LogP contribution in [0.1, 0.15) is 53.2 Å². The Morgan fingerprint density at radius 1 is 1.22 bits per heavy atom. The molecule has 1 heterocycles. The summed E-state index contributed by atoms with van der Waals surface area (Å²) in [4.78, 5) is 12.0. The number of rotatable bonds is 3. The highest BCUT2D eigenvalue weighted by atomic mass is 16.5. The van der Waals surface area contributed by atoms with Crippen LogP contribution < -0.4 is 4.74 Å². The lowest BCUT2D eigenvalue weighted by molar-refractivity contribution is 0.0774. The minimum absolute atomic E-state index is 0.0553. The standard InChI is InChI=1S/C21H22O2/c1-5-19(22)16-10-11-20-17(12-16)18(13-21(3,4)23-20)15-8-6-14(2)7-9-15/h5-12,18H,1,13H2,2-4H3. The van der Waals surface area contributed by atoms with Crippen molar-refractivity contribution in [3.05, 3.63) is 77.4 Å². The Morgan fingerprint density at radius 2 is 1.91 bits per heavy atom. The molecule has 0 saturated heterocycles. The van der Waals surface area contributed by atoms with Gasteiger partial charge in [0, 0.05) is 17.0 Å². The normalized spacial score (nSPS) is 18.7. The number of hydrogen-bond donors (Lipinski definition) is 0. The van der Waals surface area contributed by atoms with Crippen molar-refractivity contribution in [1.82, 2.24) is 0 Å². The highest BCUT2D eigenvalue weighted by molar-refractivity contribution is 6.04. The SMILES string of the molecule is C=CC(=O)c1ccc2c(c1)C(c1ccc(C)cc1)CC(C)(C)O2. The van der Waals surface area contributed by atoms with Crippen LogP contribution in [0.15, 0.2) is 55.1 Å². The van der Waals surface area contributed by atoms with Gasteiger partial charge in [-0.2, -0.15) is 0 Å². The molecule has 0 N–H and O–H groups in total. The van der Waals surface area contributed by atoms with Crippen LogP contribution in [0.5, 0.6) is 5.75 Å². The third-order valence-electron chi connectivity index (χ3n) is 4.42. The molecule has 0 saturated carbocycles. The van der Waals surface area contributed by atoms with E-state index in [0.717, 1.165) is 17.7 Å². The highest BCUT2D eigenvalue weighted by Gasteiger charge is 2.34. The lowest BCUT2D eigenvalue weighted by Gasteiger charge is -2.38. The summed E-state index contributed by atoms with van der Waals surface area (Å²) in [6.45, 7) is 9.89. The lowest BCUT2D eigenvalue weighted by atomic mass is 9.79. The molecule has 0 fully saturated rings.